The molecule has 1 amide bonds. The third kappa shape index (κ3) is 4.86. The molecule has 5 nitrogen and oxygen atoms in total. The molecule has 7 heteroatoms. The van der Waals surface area contributed by atoms with Crippen LogP contribution in [0.25, 0.3) is 0 Å². The standard InChI is InChI=1S/C21H22BrClN2O3/c22-18-2-1-3-20(17(18)13-26)25-9-6-14(7-10-25)8-11-28-15-4-5-16(21(24)27)19(23)12-15/h1-5,12-14H,6-11H2,(H2,24,27). The van der Waals surface area contributed by atoms with Crippen molar-refractivity contribution in [1.82, 2.24) is 0 Å². The molecular weight excluding hydrogens is 444 g/mol. The van der Waals surface area contributed by atoms with E-state index in [1.165, 1.54) is 0 Å². The Balaban J connectivity index is 1.49. The maximum Gasteiger partial charge on any atom is 0.250 e. The Morgan fingerprint density at radius 2 is 2.04 bits per heavy atom. The first kappa shape index (κ1) is 20.7. The molecule has 2 aromatic carbocycles. The summed E-state index contributed by atoms with van der Waals surface area (Å²) in [5.74, 6) is 0.659. The van der Waals surface area contributed by atoms with Crippen LogP contribution in [0.4, 0.5) is 5.69 Å². The van der Waals surface area contributed by atoms with Gasteiger partial charge in [-0.25, -0.2) is 0 Å². The van der Waals surface area contributed by atoms with Crippen LogP contribution in [0.2, 0.25) is 5.02 Å². The van der Waals surface area contributed by atoms with E-state index in [2.05, 4.69) is 20.8 Å². The van der Waals surface area contributed by atoms with Gasteiger partial charge in [-0.2, -0.15) is 0 Å². The van der Waals surface area contributed by atoms with Gasteiger partial charge in [0.2, 0.25) is 5.91 Å². The molecule has 0 bridgehead atoms. The summed E-state index contributed by atoms with van der Waals surface area (Å²) in [6, 6.07) is 10.8. The summed E-state index contributed by atoms with van der Waals surface area (Å²) >= 11 is 9.50. The molecule has 1 fully saturated rings. The Kier molecular flexibility index (Phi) is 6.97. The lowest BCUT2D eigenvalue weighted by Gasteiger charge is -2.34. The number of primary amides is 1. The molecule has 2 N–H and O–H groups in total. The largest absolute Gasteiger partial charge is 0.494 e. The molecule has 0 atom stereocenters. The predicted octanol–water partition coefficient (Wildman–Crippen LogP) is 4.70. The Labute approximate surface area is 177 Å². The summed E-state index contributed by atoms with van der Waals surface area (Å²) in [5, 5.41) is 0.304. The van der Waals surface area contributed by atoms with Gasteiger partial charge in [0.05, 0.1) is 22.8 Å². The van der Waals surface area contributed by atoms with Crippen LogP contribution in [0.1, 0.15) is 40.0 Å². The van der Waals surface area contributed by atoms with Crippen molar-refractivity contribution in [3.05, 3.63) is 57.0 Å². The quantitative estimate of drug-likeness (QED) is 0.602. The van der Waals surface area contributed by atoms with Crippen molar-refractivity contribution in [2.75, 3.05) is 24.6 Å². The second kappa shape index (κ2) is 9.43. The van der Waals surface area contributed by atoms with Crippen molar-refractivity contribution in [3.63, 3.8) is 0 Å². The van der Waals surface area contributed by atoms with Gasteiger partial charge in [-0.05, 0) is 71.4 Å². The van der Waals surface area contributed by atoms with Crippen LogP contribution in [-0.4, -0.2) is 31.9 Å². The maximum absolute atomic E-state index is 11.4. The topological polar surface area (TPSA) is 72.6 Å². The monoisotopic (exact) mass is 464 g/mol. The maximum atomic E-state index is 11.4. The molecule has 2 aromatic rings. The number of nitrogens with zero attached hydrogens (tertiary/aromatic N) is 1. The van der Waals surface area contributed by atoms with E-state index in [4.69, 9.17) is 22.1 Å². The van der Waals surface area contributed by atoms with Crippen LogP contribution < -0.4 is 15.4 Å². The van der Waals surface area contributed by atoms with Crippen molar-refractivity contribution in [3.8, 4) is 5.75 Å². The van der Waals surface area contributed by atoms with Gasteiger partial charge in [0.25, 0.3) is 0 Å². The minimum absolute atomic E-state index is 0.295. The molecule has 1 saturated heterocycles. The Bertz CT molecular complexity index is 867. The highest BCUT2D eigenvalue weighted by Gasteiger charge is 2.21. The lowest BCUT2D eigenvalue weighted by molar-refractivity contribution is 0.1000. The fourth-order valence-electron chi connectivity index (χ4n) is 3.51. The zero-order valence-electron chi connectivity index (χ0n) is 15.4. The molecule has 0 aromatic heterocycles. The van der Waals surface area contributed by atoms with Crippen molar-refractivity contribution >= 4 is 45.4 Å². The third-order valence-electron chi connectivity index (χ3n) is 5.10. The second-order valence-electron chi connectivity index (χ2n) is 6.86. The van der Waals surface area contributed by atoms with Crippen molar-refractivity contribution in [2.45, 2.75) is 19.3 Å². The van der Waals surface area contributed by atoms with Crippen molar-refractivity contribution < 1.29 is 14.3 Å². The average Bonchev–Trinajstić information content (AvgIpc) is 2.68. The predicted molar refractivity (Wildman–Crippen MR) is 115 cm³/mol. The summed E-state index contributed by atoms with van der Waals surface area (Å²) in [6.07, 6.45) is 3.96. The van der Waals surface area contributed by atoms with Crippen molar-refractivity contribution in [2.24, 2.45) is 11.7 Å². The highest BCUT2D eigenvalue weighted by Crippen LogP contribution is 2.31. The van der Waals surface area contributed by atoms with Crippen LogP contribution in [0.15, 0.2) is 40.9 Å². The van der Waals surface area contributed by atoms with Gasteiger partial charge in [0.15, 0.2) is 6.29 Å². The molecule has 28 heavy (non-hydrogen) atoms. The van der Waals surface area contributed by atoms with E-state index in [0.717, 1.165) is 48.8 Å². The zero-order valence-corrected chi connectivity index (χ0v) is 17.7. The van der Waals surface area contributed by atoms with Gasteiger partial charge in [-0.15, -0.1) is 0 Å². The number of halogens is 2. The van der Waals surface area contributed by atoms with E-state index in [-0.39, 0.29) is 0 Å². The highest BCUT2D eigenvalue weighted by molar-refractivity contribution is 9.10. The molecule has 0 saturated carbocycles. The number of carbonyl (C=O) groups is 2. The molecule has 0 spiro atoms. The Morgan fingerprint density at radius 3 is 2.68 bits per heavy atom. The van der Waals surface area contributed by atoms with Crippen LogP contribution in [0.3, 0.4) is 0 Å². The van der Waals surface area contributed by atoms with E-state index >= 15 is 0 Å². The van der Waals surface area contributed by atoms with Gasteiger partial charge in [0.1, 0.15) is 5.75 Å². The number of anilines is 1. The molecule has 1 aliphatic heterocycles. The summed E-state index contributed by atoms with van der Waals surface area (Å²) in [5.41, 5.74) is 7.24. The van der Waals surface area contributed by atoms with Crippen LogP contribution in [-0.2, 0) is 0 Å². The number of nitrogens with two attached hydrogens (primary N) is 1. The summed E-state index contributed by atoms with van der Waals surface area (Å²) in [4.78, 5) is 24.9. The van der Waals surface area contributed by atoms with Crippen LogP contribution in [0.5, 0.6) is 5.75 Å². The normalized spacial score (nSPS) is 14.7. The molecule has 1 heterocycles. The number of rotatable bonds is 7. The van der Waals surface area contributed by atoms with Gasteiger partial charge in [-0.3, -0.25) is 9.59 Å². The average molecular weight is 466 g/mol. The molecular formula is C21H22BrClN2O3. The SMILES string of the molecule is NC(=O)c1ccc(OCCC2CCN(c3cccc(Br)c3C=O)CC2)cc1Cl. The van der Waals surface area contributed by atoms with Gasteiger partial charge in [0, 0.05) is 23.2 Å². The smallest absolute Gasteiger partial charge is 0.250 e. The minimum atomic E-state index is -0.550. The molecule has 148 valence electrons. The number of ether oxygens (including phenoxy) is 1. The fourth-order valence-corrected chi connectivity index (χ4v) is 4.22. The highest BCUT2D eigenvalue weighted by atomic mass is 79.9. The first-order valence-electron chi connectivity index (χ1n) is 9.20. The number of hydrogen-bond acceptors (Lipinski definition) is 4. The summed E-state index contributed by atoms with van der Waals surface area (Å²) in [6.45, 7) is 2.43. The lowest BCUT2D eigenvalue weighted by Crippen LogP contribution is -2.34. The Hall–Kier alpha value is -2.05. The third-order valence-corrected chi connectivity index (χ3v) is 6.11. The lowest BCUT2D eigenvalue weighted by atomic mass is 9.93. The van der Waals surface area contributed by atoms with E-state index in [1.54, 1.807) is 18.2 Å². The number of benzene rings is 2. The zero-order chi connectivity index (χ0) is 20.1. The second-order valence-corrected chi connectivity index (χ2v) is 8.13. The Morgan fingerprint density at radius 1 is 1.29 bits per heavy atom. The van der Waals surface area contributed by atoms with Gasteiger partial charge >= 0.3 is 0 Å². The van der Waals surface area contributed by atoms with Crippen LogP contribution in [0, 0.1) is 5.92 Å². The first-order valence-corrected chi connectivity index (χ1v) is 10.4. The molecule has 1 aliphatic rings. The number of piperidine rings is 1. The van der Waals surface area contributed by atoms with E-state index in [0.29, 0.717) is 34.4 Å². The van der Waals surface area contributed by atoms with Gasteiger partial charge in [-0.1, -0.05) is 17.7 Å². The van der Waals surface area contributed by atoms with Crippen LogP contribution >= 0.6 is 27.5 Å². The van der Waals surface area contributed by atoms with Gasteiger partial charge < -0.3 is 15.4 Å². The number of aldehydes is 1. The fraction of sp³-hybridized carbons (Fsp3) is 0.333. The summed E-state index contributed by atoms with van der Waals surface area (Å²) in [7, 11) is 0. The minimum Gasteiger partial charge on any atom is -0.494 e. The first-order chi connectivity index (χ1) is 13.5. The molecule has 3 rings (SSSR count). The molecule has 0 radical (unpaired) electrons. The number of amides is 1. The summed E-state index contributed by atoms with van der Waals surface area (Å²) < 4.78 is 6.62. The number of carbonyl (C=O) groups excluding carboxylic acids is 2. The molecule has 0 aliphatic carbocycles. The van der Waals surface area contributed by atoms with E-state index in [9.17, 15) is 9.59 Å². The van der Waals surface area contributed by atoms with E-state index < -0.39 is 5.91 Å². The number of hydrogen-bond donors (Lipinski definition) is 1. The van der Waals surface area contributed by atoms with E-state index in [1.807, 2.05) is 18.2 Å². The molecule has 0 unspecified atom stereocenters. The van der Waals surface area contributed by atoms with Crippen molar-refractivity contribution in [1.29, 1.82) is 0 Å².